The number of rotatable bonds is 8. The van der Waals surface area contributed by atoms with Gasteiger partial charge < -0.3 is 10.6 Å². The number of benzene rings is 1. The Labute approximate surface area is 182 Å². The normalized spacial score (nSPS) is 12.9. The molecule has 0 aliphatic heterocycles. The number of nitrogens with zero attached hydrogens (tertiary/aromatic N) is 1. The maximum Gasteiger partial charge on any atom is 0.240 e. The number of nitrogens with one attached hydrogen (secondary N) is 3. The monoisotopic (exact) mass is 522 g/mol. The fraction of sp³-hybridized carbons (Fsp3) is 0.389. The molecular formula is C18H27IN4O2S2. The first kappa shape index (κ1) is 23.9. The standard InChI is InChI=1S/C18H26N4O2S2.HI/c1-14-4-6-17(7-5-14)26(23,24)22-10-9-20-18(19-3)21-12-15(2)16-8-11-25-13-16;/h4-8,11,13,15,22H,9-10,12H2,1-3H3,(H2,19,20,21);1H. The van der Waals surface area contributed by atoms with Crippen molar-refractivity contribution < 1.29 is 8.42 Å². The minimum atomic E-state index is -3.49. The van der Waals surface area contributed by atoms with E-state index in [2.05, 4.69) is 44.1 Å². The Kier molecular flexibility index (Phi) is 10.3. The van der Waals surface area contributed by atoms with Gasteiger partial charge in [-0.1, -0.05) is 24.6 Å². The minimum Gasteiger partial charge on any atom is -0.356 e. The number of sulfonamides is 1. The third-order valence-electron chi connectivity index (χ3n) is 3.95. The van der Waals surface area contributed by atoms with E-state index >= 15 is 0 Å². The summed E-state index contributed by atoms with van der Waals surface area (Å²) in [6.45, 7) is 5.55. The highest BCUT2D eigenvalue weighted by Gasteiger charge is 2.12. The first-order valence-electron chi connectivity index (χ1n) is 8.45. The van der Waals surface area contributed by atoms with Crippen molar-refractivity contribution in [2.45, 2.75) is 24.7 Å². The third kappa shape index (κ3) is 7.76. The predicted octanol–water partition coefficient (Wildman–Crippen LogP) is 2.92. The molecule has 0 bridgehead atoms. The highest BCUT2D eigenvalue weighted by molar-refractivity contribution is 14.0. The summed E-state index contributed by atoms with van der Waals surface area (Å²) in [7, 11) is -1.79. The molecule has 2 aromatic rings. The molecule has 1 aromatic heterocycles. The van der Waals surface area contributed by atoms with Crippen LogP contribution in [0.15, 0.2) is 51.0 Å². The van der Waals surface area contributed by atoms with Crippen molar-refractivity contribution >= 4 is 51.3 Å². The van der Waals surface area contributed by atoms with Gasteiger partial charge in [0.25, 0.3) is 0 Å². The number of hydrogen-bond acceptors (Lipinski definition) is 4. The molecular weight excluding hydrogens is 495 g/mol. The van der Waals surface area contributed by atoms with Crippen LogP contribution in [0.5, 0.6) is 0 Å². The lowest BCUT2D eigenvalue weighted by atomic mass is 10.1. The SMILES string of the molecule is CN=C(NCCNS(=O)(=O)c1ccc(C)cc1)NCC(C)c1ccsc1.I. The summed E-state index contributed by atoms with van der Waals surface area (Å²) in [5.74, 6) is 1.03. The summed E-state index contributed by atoms with van der Waals surface area (Å²) in [5, 5.41) is 10.6. The van der Waals surface area contributed by atoms with Gasteiger partial charge in [-0.2, -0.15) is 11.3 Å². The van der Waals surface area contributed by atoms with Crippen LogP contribution in [0.1, 0.15) is 24.0 Å². The first-order chi connectivity index (χ1) is 12.4. The Morgan fingerprint density at radius 3 is 2.44 bits per heavy atom. The second-order valence-electron chi connectivity index (χ2n) is 6.05. The van der Waals surface area contributed by atoms with Crippen LogP contribution in [-0.4, -0.2) is 41.1 Å². The van der Waals surface area contributed by atoms with E-state index in [1.165, 1.54) is 5.56 Å². The second kappa shape index (κ2) is 11.6. The maximum atomic E-state index is 12.2. The minimum absolute atomic E-state index is 0. The molecule has 2 rings (SSSR count). The zero-order valence-electron chi connectivity index (χ0n) is 15.7. The molecule has 0 spiro atoms. The van der Waals surface area contributed by atoms with Gasteiger partial charge in [0.05, 0.1) is 4.90 Å². The second-order valence-corrected chi connectivity index (χ2v) is 8.60. The zero-order chi connectivity index (χ0) is 19.0. The van der Waals surface area contributed by atoms with Gasteiger partial charge in [-0.3, -0.25) is 4.99 Å². The first-order valence-corrected chi connectivity index (χ1v) is 10.9. The molecule has 0 aliphatic carbocycles. The van der Waals surface area contributed by atoms with E-state index in [1.54, 1.807) is 42.6 Å². The van der Waals surface area contributed by atoms with Gasteiger partial charge in [-0.25, -0.2) is 13.1 Å². The van der Waals surface area contributed by atoms with Gasteiger partial charge in [0.2, 0.25) is 10.0 Å². The number of hydrogen-bond donors (Lipinski definition) is 3. The van der Waals surface area contributed by atoms with E-state index in [0.717, 1.165) is 12.1 Å². The Hall–Kier alpha value is -1.17. The molecule has 0 amide bonds. The van der Waals surface area contributed by atoms with Crippen molar-refractivity contribution in [2.24, 2.45) is 4.99 Å². The van der Waals surface area contributed by atoms with E-state index in [-0.39, 0.29) is 35.4 Å². The number of aryl methyl sites for hydroxylation is 1. The lowest BCUT2D eigenvalue weighted by molar-refractivity contribution is 0.580. The molecule has 0 fully saturated rings. The van der Waals surface area contributed by atoms with Crippen molar-refractivity contribution in [3.63, 3.8) is 0 Å². The van der Waals surface area contributed by atoms with E-state index in [9.17, 15) is 8.42 Å². The van der Waals surface area contributed by atoms with Crippen LogP contribution in [-0.2, 0) is 10.0 Å². The smallest absolute Gasteiger partial charge is 0.240 e. The fourth-order valence-electron chi connectivity index (χ4n) is 2.31. The van der Waals surface area contributed by atoms with E-state index in [1.807, 2.05) is 6.92 Å². The Bertz CT molecular complexity index is 806. The number of halogens is 1. The molecule has 1 heterocycles. The van der Waals surface area contributed by atoms with E-state index < -0.39 is 10.0 Å². The quantitative estimate of drug-likeness (QED) is 0.216. The number of aliphatic imine (C=N–C) groups is 1. The molecule has 0 saturated carbocycles. The molecule has 150 valence electrons. The van der Waals surface area contributed by atoms with Crippen LogP contribution in [0, 0.1) is 6.92 Å². The third-order valence-corrected chi connectivity index (χ3v) is 6.13. The largest absolute Gasteiger partial charge is 0.356 e. The lowest BCUT2D eigenvalue weighted by Crippen LogP contribution is -2.42. The zero-order valence-corrected chi connectivity index (χ0v) is 19.7. The highest BCUT2D eigenvalue weighted by atomic mass is 127. The highest BCUT2D eigenvalue weighted by Crippen LogP contribution is 2.16. The van der Waals surface area contributed by atoms with Crippen LogP contribution in [0.4, 0.5) is 0 Å². The van der Waals surface area contributed by atoms with Gasteiger partial charge in [-0.05, 0) is 47.4 Å². The van der Waals surface area contributed by atoms with Gasteiger partial charge in [0.15, 0.2) is 5.96 Å². The van der Waals surface area contributed by atoms with Crippen LogP contribution in [0.2, 0.25) is 0 Å². The van der Waals surface area contributed by atoms with Crippen molar-refractivity contribution in [1.82, 2.24) is 15.4 Å². The Morgan fingerprint density at radius 2 is 1.85 bits per heavy atom. The Morgan fingerprint density at radius 1 is 1.15 bits per heavy atom. The van der Waals surface area contributed by atoms with Crippen molar-refractivity contribution in [3.8, 4) is 0 Å². The van der Waals surface area contributed by atoms with Crippen LogP contribution >= 0.6 is 35.3 Å². The Balaban J connectivity index is 0.00000364. The van der Waals surface area contributed by atoms with Gasteiger partial charge in [-0.15, -0.1) is 24.0 Å². The number of thiophene rings is 1. The van der Waals surface area contributed by atoms with E-state index in [4.69, 9.17) is 0 Å². The van der Waals surface area contributed by atoms with Gasteiger partial charge in [0, 0.05) is 26.7 Å². The molecule has 0 aliphatic rings. The lowest BCUT2D eigenvalue weighted by Gasteiger charge is -2.15. The van der Waals surface area contributed by atoms with E-state index in [0.29, 0.717) is 18.4 Å². The summed E-state index contributed by atoms with van der Waals surface area (Å²) < 4.78 is 27.0. The molecule has 0 saturated heterocycles. The van der Waals surface area contributed by atoms with Crippen molar-refractivity contribution in [3.05, 3.63) is 52.2 Å². The molecule has 1 atom stereocenters. The van der Waals surface area contributed by atoms with Crippen LogP contribution < -0.4 is 15.4 Å². The maximum absolute atomic E-state index is 12.2. The molecule has 0 radical (unpaired) electrons. The molecule has 6 nitrogen and oxygen atoms in total. The molecule has 3 N–H and O–H groups in total. The van der Waals surface area contributed by atoms with Crippen molar-refractivity contribution in [1.29, 1.82) is 0 Å². The fourth-order valence-corrected chi connectivity index (χ4v) is 4.12. The topological polar surface area (TPSA) is 82.6 Å². The molecule has 27 heavy (non-hydrogen) atoms. The van der Waals surface area contributed by atoms with Gasteiger partial charge in [0.1, 0.15) is 0 Å². The average molecular weight is 522 g/mol. The summed E-state index contributed by atoms with van der Waals surface area (Å²) in [5.41, 5.74) is 2.32. The summed E-state index contributed by atoms with van der Waals surface area (Å²) in [6, 6.07) is 8.91. The number of guanidine groups is 1. The van der Waals surface area contributed by atoms with Crippen LogP contribution in [0.25, 0.3) is 0 Å². The summed E-state index contributed by atoms with van der Waals surface area (Å²) in [6.07, 6.45) is 0. The van der Waals surface area contributed by atoms with Crippen LogP contribution in [0.3, 0.4) is 0 Å². The summed E-state index contributed by atoms with van der Waals surface area (Å²) in [4.78, 5) is 4.44. The van der Waals surface area contributed by atoms with Gasteiger partial charge >= 0.3 is 0 Å². The molecule has 1 unspecified atom stereocenters. The summed E-state index contributed by atoms with van der Waals surface area (Å²) >= 11 is 1.69. The molecule has 9 heteroatoms. The average Bonchev–Trinajstić information content (AvgIpc) is 3.16. The predicted molar refractivity (Wildman–Crippen MR) is 124 cm³/mol. The van der Waals surface area contributed by atoms with Crippen molar-refractivity contribution in [2.75, 3.05) is 26.7 Å². The molecule has 1 aromatic carbocycles.